The highest BCUT2D eigenvalue weighted by Crippen LogP contribution is 2.34. The molecule has 1 aliphatic rings. The van der Waals surface area contributed by atoms with Crippen molar-refractivity contribution in [3.8, 4) is 5.69 Å². The van der Waals surface area contributed by atoms with Crippen LogP contribution in [0.15, 0.2) is 51.0 Å². The summed E-state index contributed by atoms with van der Waals surface area (Å²) in [5.74, 6) is -0.435. The van der Waals surface area contributed by atoms with Crippen molar-refractivity contribution in [1.82, 2.24) is 18.7 Å². The largest absolute Gasteiger partial charge is 0.397 e. The monoisotopic (exact) mass is 492 g/mol. The maximum atomic E-state index is 14.7. The van der Waals surface area contributed by atoms with E-state index in [1.807, 2.05) is 13.8 Å². The second-order valence-electron chi connectivity index (χ2n) is 8.67. The van der Waals surface area contributed by atoms with Crippen molar-refractivity contribution in [3.63, 3.8) is 0 Å². The van der Waals surface area contributed by atoms with Gasteiger partial charge in [0.05, 0.1) is 28.8 Å². The van der Waals surface area contributed by atoms with E-state index >= 15 is 0 Å². The van der Waals surface area contributed by atoms with Crippen molar-refractivity contribution in [2.24, 2.45) is 7.05 Å². The van der Waals surface area contributed by atoms with Gasteiger partial charge in [-0.2, -0.15) is 0 Å². The van der Waals surface area contributed by atoms with Crippen LogP contribution in [0.4, 0.5) is 21.6 Å². The molecule has 1 saturated carbocycles. The standard InChI is InChI=1S/C24H23FN6O3.C2H6/c1-12-4-7-18(17(25)8-12)28-21-19-20(13(2)22(32)29(21)3)30(16-9-14(26)10-27-11-16)24(34)31(23(19)33)15-5-6-15;1-2/h4,7-11,15,28H,5-6,26H2,1-3H3;1-2H3. The van der Waals surface area contributed by atoms with E-state index in [0.29, 0.717) is 24.2 Å². The molecule has 36 heavy (non-hydrogen) atoms. The predicted octanol–water partition coefficient (Wildman–Crippen LogP) is 3.69. The second-order valence-corrected chi connectivity index (χ2v) is 8.67. The van der Waals surface area contributed by atoms with E-state index in [0.717, 1.165) is 5.56 Å². The number of halogens is 1. The van der Waals surface area contributed by atoms with Gasteiger partial charge in [0.15, 0.2) is 0 Å². The first-order valence-electron chi connectivity index (χ1n) is 11.8. The van der Waals surface area contributed by atoms with Crippen molar-refractivity contribution >= 4 is 28.1 Å². The van der Waals surface area contributed by atoms with Gasteiger partial charge in [0.1, 0.15) is 17.0 Å². The van der Waals surface area contributed by atoms with Crippen molar-refractivity contribution < 1.29 is 4.39 Å². The van der Waals surface area contributed by atoms with Crippen LogP contribution < -0.4 is 27.9 Å². The summed E-state index contributed by atoms with van der Waals surface area (Å²) >= 11 is 0. The number of anilines is 3. The summed E-state index contributed by atoms with van der Waals surface area (Å²) in [6.07, 6.45) is 4.26. The topological polar surface area (TPSA) is 117 Å². The number of hydrogen-bond donors (Lipinski definition) is 2. The molecule has 0 bridgehead atoms. The third-order valence-corrected chi connectivity index (χ3v) is 6.14. The lowest BCUT2D eigenvalue weighted by Gasteiger charge is -2.20. The van der Waals surface area contributed by atoms with Crippen LogP contribution in [0, 0.1) is 19.7 Å². The van der Waals surface area contributed by atoms with Crippen LogP contribution in [-0.2, 0) is 7.05 Å². The quantitative estimate of drug-likeness (QED) is 0.449. The third-order valence-electron chi connectivity index (χ3n) is 6.14. The van der Waals surface area contributed by atoms with Gasteiger partial charge in [-0.15, -0.1) is 0 Å². The molecule has 0 spiro atoms. The minimum atomic E-state index is -0.573. The number of pyridine rings is 2. The molecule has 0 atom stereocenters. The number of hydrogen-bond acceptors (Lipinski definition) is 6. The summed E-state index contributed by atoms with van der Waals surface area (Å²) in [5, 5.41) is 3.04. The van der Waals surface area contributed by atoms with Gasteiger partial charge in [0.25, 0.3) is 11.1 Å². The molecule has 0 radical (unpaired) electrons. The molecule has 5 rings (SSSR count). The van der Waals surface area contributed by atoms with Crippen molar-refractivity contribution in [3.05, 3.63) is 84.8 Å². The van der Waals surface area contributed by atoms with E-state index in [-0.39, 0.29) is 34.0 Å². The number of fused-ring (bicyclic) bond motifs is 1. The molecule has 0 saturated heterocycles. The van der Waals surface area contributed by atoms with Crippen molar-refractivity contribution in [2.45, 2.75) is 46.6 Å². The van der Waals surface area contributed by atoms with E-state index in [9.17, 15) is 18.8 Å². The van der Waals surface area contributed by atoms with Crippen LogP contribution in [0.25, 0.3) is 16.6 Å². The number of nitrogens with two attached hydrogens (primary N) is 1. The minimum Gasteiger partial charge on any atom is -0.397 e. The molecule has 1 aromatic carbocycles. The van der Waals surface area contributed by atoms with Crippen LogP contribution in [-0.4, -0.2) is 18.7 Å². The fourth-order valence-corrected chi connectivity index (χ4v) is 4.27. The number of nitrogen functional groups attached to an aromatic ring is 1. The van der Waals surface area contributed by atoms with Crippen LogP contribution in [0.3, 0.4) is 0 Å². The molecule has 0 amide bonds. The Kier molecular flexibility index (Phi) is 6.53. The molecular formula is C26H29FN6O3. The molecule has 3 heterocycles. The molecule has 0 aliphatic heterocycles. The highest BCUT2D eigenvalue weighted by atomic mass is 19.1. The Morgan fingerprint density at radius 3 is 2.36 bits per heavy atom. The number of aromatic nitrogens is 4. The first-order chi connectivity index (χ1) is 17.2. The number of nitrogens with zero attached hydrogens (tertiary/aromatic N) is 4. The minimum absolute atomic E-state index is 0.0957. The van der Waals surface area contributed by atoms with Crippen molar-refractivity contribution in [2.75, 3.05) is 11.1 Å². The van der Waals surface area contributed by atoms with E-state index in [1.54, 1.807) is 26.0 Å². The lowest BCUT2D eigenvalue weighted by molar-refractivity contribution is 0.630. The summed E-state index contributed by atoms with van der Waals surface area (Å²) < 4.78 is 18.5. The number of nitrogens with one attached hydrogen (secondary N) is 1. The third kappa shape index (κ3) is 4.08. The van der Waals surface area contributed by atoms with Gasteiger partial charge in [-0.25, -0.2) is 9.18 Å². The molecule has 1 aliphatic carbocycles. The zero-order valence-corrected chi connectivity index (χ0v) is 20.9. The lowest BCUT2D eigenvalue weighted by atomic mass is 10.1. The van der Waals surface area contributed by atoms with Gasteiger partial charge in [0, 0.05) is 24.8 Å². The Morgan fingerprint density at radius 2 is 1.75 bits per heavy atom. The second kappa shape index (κ2) is 9.44. The maximum Gasteiger partial charge on any atom is 0.336 e. The SMILES string of the molecule is CC.Cc1ccc(Nc2c3c(=O)n(C4CC4)c(=O)n(-c4cncc(N)c4)c3c(C)c(=O)n2C)c(F)c1. The number of benzene rings is 1. The van der Waals surface area contributed by atoms with Gasteiger partial charge in [-0.05, 0) is 50.5 Å². The molecule has 10 heteroatoms. The predicted molar refractivity (Wildman–Crippen MR) is 140 cm³/mol. The molecular weight excluding hydrogens is 463 g/mol. The van der Waals surface area contributed by atoms with E-state index < -0.39 is 22.6 Å². The van der Waals surface area contributed by atoms with E-state index in [2.05, 4.69) is 10.3 Å². The zero-order valence-electron chi connectivity index (χ0n) is 20.9. The normalized spacial score (nSPS) is 12.8. The van der Waals surface area contributed by atoms with Gasteiger partial charge >= 0.3 is 5.69 Å². The Labute approximate surface area is 206 Å². The molecule has 3 aromatic heterocycles. The molecule has 9 nitrogen and oxygen atoms in total. The van der Waals surface area contributed by atoms with Gasteiger partial charge in [-0.3, -0.25) is 28.3 Å². The molecule has 188 valence electrons. The average molecular weight is 493 g/mol. The first-order valence-corrected chi connectivity index (χ1v) is 11.8. The van der Waals surface area contributed by atoms with Crippen LogP contribution in [0.5, 0.6) is 0 Å². The van der Waals surface area contributed by atoms with Crippen LogP contribution in [0.1, 0.15) is 43.9 Å². The average Bonchev–Trinajstić information content (AvgIpc) is 3.68. The Morgan fingerprint density at radius 1 is 1.06 bits per heavy atom. The summed E-state index contributed by atoms with van der Waals surface area (Å²) in [6, 6.07) is 5.92. The van der Waals surface area contributed by atoms with Crippen LogP contribution in [0.2, 0.25) is 0 Å². The van der Waals surface area contributed by atoms with Crippen LogP contribution >= 0.6 is 0 Å². The number of aryl methyl sites for hydroxylation is 2. The molecule has 4 aromatic rings. The highest BCUT2D eigenvalue weighted by molar-refractivity contribution is 5.93. The van der Waals surface area contributed by atoms with E-state index in [1.165, 1.54) is 45.3 Å². The Balaban J connectivity index is 0.00000148. The smallest absolute Gasteiger partial charge is 0.336 e. The zero-order chi connectivity index (χ0) is 26.3. The molecule has 3 N–H and O–H groups in total. The Bertz CT molecular complexity index is 1660. The van der Waals surface area contributed by atoms with Crippen molar-refractivity contribution in [1.29, 1.82) is 0 Å². The molecule has 1 fully saturated rings. The summed E-state index contributed by atoms with van der Waals surface area (Å²) in [5.41, 5.74) is 6.19. The van der Waals surface area contributed by atoms with Gasteiger partial charge < -0.3 is 11.1 Å². The Hall–Kier alpha value is -4.21. The van der Waals surface area contributed by atoms with E-state index in [4.69, 9.17) is 5.73 Å². The lowest BCUT2D eigenvalue weighted by Crippen LogP contribution is -2.41. The van der Waals surface area contributed by atoms with Gasteiger partial charge in [-0.1, -0.05) is 19.9 Å². The fourth-order valence-electron chi connectivity index (χ4n) is 4.27. The summed E-state index contributed by atoms with van der Waals surface area (Å²) in [4.78, 5) is 44.6. The summed E-state index contributed by atoms with van der Waals surface area (Å²) in [7, 11) is 1.50. The summed E-state index contributed by atoms with van der Waals surface area (Å²) in [6.45, 7) is 7.31. The van der Waals surface area contributed by atoms with Gasteiger partial charge in [0.2, 0.25) is 0 Å². The number of rotatable bonds is 4. The highest BCUT2D eigenvalue weighted by Gasteiger charge is 2.31. The first kappa shape index (κ1) is 24.9. The maximum absolute atomic E-state index is 14.7. The fraction of sp³-hybridized carbons (Fsp3) is 0.308. The molecule has 0 unspecified atom stereocenters.